The molecule has 10 heavy (non-hydrogen) atoms. The molecule has 0 aliphatic carbocycles. The third-order valence-electron chi connectivity index (χ3n) is 0.965. The maximum atomic E-state index is 10.9. The Morgan fingerprint density at radius 3 is 1.30 bits per heavy atom. The molecule has 0 heterocycles. The quantitative estimate of drug-likeness (QED) is 0.578. The lowest BCUT2D eigenvalue weighted by molar-refractivity contribution is -0.135. The molecule has 0 aromatic carbocycles. The molecule has 0 saturated heterocycles. The molecule has 58 valence electrons. The van der Waals surface area contributed by atoms with Crippen LogP contribution in [0.1, 0.15) is 13.8 Å². The topological polar surface area (TPSA) is 34.1 Å². The fourth-order valence-electron chi connectivity index (χ4n) is 0.392. The number of carbonyl (C=O) groups excluding carboxylic acids is 2. The molecule has 0 N–H and O–H groups in total. The van der Waals surface area contributed by atoms with Gasteiger partial charge in [-0.3, -0.25) is 9.59 Å². The van der Waals surface area contributed by atoms with E-state index in [2.05, 4.69) is 31.9 Å². The number of hydrogen-bond acceptors (Lipinski definition) is 2. The molecule has 2 atom stereocenters. The summed E-state index contributed by atoms with van der Waals surface area (Å²) in [5.74, 6) is -0.770. The zero-order chi connectivity index (χ0) is 8.31. The number of Topliss-reactive ketones (excluding diaryl/α,β-unsaturated/α-hetero) is 2. The fourth-order valence-corrected chi connectivity index (χ4v) is 0.843. The van der Waals surface area contributed by atoms with Crippen molar-refractivity contribution in [2.45, 2.75) is 23.5 Å². The molecule has 0 fully saturated rings. The van der Waals surface area contributed by atoms with E-state index in [-0.39, 0.29) is 21.2 Å². The lowest BCUT2D eigenvalue weighted by atomic mass is 10.2. The minimum absolute atomic E-state index is 0.375. The van der Waals surface area contributed by atoms with Gasteiger partial charge in [-0.2, -0.15) is 0 Å². The van der Waals surface area contributed by atoms with E-state index in [1.807, 2.05) is 0 Å². The normalized spacial score (nSPS) is 16.0. The van der Waals surface area contributed by atoms with Crippen LogP contribution in [0.15, 0.2) is 0 Å². The molecule has 0 unspecified atom stereocenters. The van der Waals surface area contributed by atoms with Gasteiger partial charge < -0.3 is 0 Å². The molecule has 0 aliphatic heterocycles. The summed E-state index contributed by atoms with van der Waals surface area (Å²) in [6.07, 6.45) is 0. The molecule has 0 rings (SSSR count). The van der Waals surface area contributed by atoms with Crippen LogP contribution in [-0.4, -0.2) is 21.2 Å². The van der Waals surface area contributed by atoms with Crippen LogP contribution >= 0.6 is 31.9 Å². The van der Waals surface area contributed by atoms with Crippen LogP contribution in [0, 0.1) is 0 Å². The average Bonchev–Trinajstić information content (AvgIpc) is 1.84. The van der Waals surface area contributed by atoms with Crippen molar-refractivity contribution < 1.29 is 9.59 Å². The van der Waals surface area contributed by atoms with Gasteiger partial charge in [0.25, 0.3) is 0 Å². The third-order valence-corrected chi connectivity index (χ3v) is 1.80. The first-order valence-corrected chi connectivity index (χ1v) is 4.66. The summed E-state index contributed by atoms with van der Waals surface area (Å²) in [6.45, 7) is 3.27. The predicted octanol–water partition coefficient (Wildman–Crippen LogP) is 1.69. The standard InChI is InChI=1S/C6H8Br2O2/c1-3(7)5(9)6(10)4(2)8/h3-4H,1-2H3/t3-,4-/m1/s1. The van der Waals surface area contributed by atoms with Crippen molar-refractivity contribution in [1.29, 1.82) is 0 Å². The van der Waals surface area contributed by atoms with Crippen molar-refractivity contribution in [2.24, 2.45) is 0 Å². The zero-order valence-electron chi connectivity index (χ0n) is 5.73. The number of rotatable bonds is 3. The van der Waals surface area contributed by atoms with Gasteiger partial charge in [0.05, 0.1) is 9.65 Å². The average molecular weight is 272 g/mol. The Labute approximate surface area is 76.6 Å². The van der Waals surface area contributed by atoms with Crippen molar-refractivity contribution in [1.82, 2.24) is 0 Å². The Balaban J connectivity index is 4.10. The summed E-state index contributed by atoms with van der Waals surface area (Å²) in [4.78, 5) is 21.0. The smallest absolute Gasteiger partial charge is 0.212 e. The van der Waals surface area contributed by atoms with E-state index in [0.717, 1.165) is 0 Å². The first kappa shape index (κ1) is 10.3. The number of halogens is 2. The van der Waals surface area contributed by atoms with Gasteiger partial charge in [-0.25, -0.2) is 0 Å². The summed E-state index contributed by atoms with van der Waals surface area (Å²) < 4.78 is 0. The van der Waals surface area contributed by atoms with E-state index in [1.54, 1.807) is 13.8 Å². The highest BCUT2D eigenvalue weighted by atomic mass is 79.9. The lowest BCUT2D eigenvalue weighted by Crippen LogP contribution is -2.27. The van der Waals surface area contributed by atoms with Crippen molar-refractivity contribution in [2.75, 3.05) is 0 Å². The maximum absolute atomic E-state index is 10.9. The van der Waals surface area contributed by atoms with E-state index in [4.69, 9.17) is 0 Å². The minimum Gasteiger partial charge on any atom is -0.290 e. The monoisotopic (exact) mass is 270 g/mol. The highest BCUT2D eigenvalue weighted by molar-refractivity contribution is 9.10. The summed E-state index contributed by atoms with van der Waals surface area (Å²) >= 11 is 6.03. The first-order valence-electron chi connectivity index (χ1n) is 2.83. The molecular formula is C6H8Br2O2. The van der Waals surface area contributed by atoms with Gasteiger partial charge in [0.15, 0.2) is 0 Å². The van der Waals surface area contributed by atoms with Crippen LogP contribution < -0.4 is 0 Å². The second-order valence-electron chi connectivity index (χ2n) is 1.96. The Bertz CT molecular complexity index is 134. The van der Waals surface area contributed by atoms with Gasteiger partial charge >= 0.3 is 0 Å². The van der Waals surface area contributed by atoms with Crippen molar-refractivity contribution in [3.63, 3.8) is 0 Å². The van der Waals surface area contributed by atoms with Gasteiger partial charge in [-0.05, 0) is 13.8 Å². The molecule has 0 spiro atoms. The summed E-state index contributed by atoms with van der Waals surface area (Å²) in [5, 5.41) is 0. The fraction of sp³-hybridized carbons (Fsp3) is 0.667. The molecule has 0 bridgehead atoms. The van der Waals surface area contributed by atoms with E-state index in [0.29, 0.717) is 0 Å². The predicted molar refractivity (Wildman–Crippen MR) is 46.8 cm³/mol. The molecule has 0 amide bonds. The van der Waals surface area contributed by atoms with Crippen molar-refractivity contribution in [3.8, 4) is 0 Å². The van der Waals surface area contributed by atoms with Crippen LogP contribution in [0.4, 0.5) is 0 Å². The molecule has 0 aliphatic rings. The van der Waals surface area contributed by atoms with Gasteiger partial charge in [-0.15, -0.1) is 0 Å². The van der Waals surface area contributed by atoms with E-state index in [9.17, 15) is 9.59 Å². The van der Waals surface area contributed by atoms with Crippen molar-refractivity contribution >= 4 is 43.4 Å². The van der Waals surface area contributed by atoms with Crippen LogP contribution in [0.2, 0.25) is 0 Å². The highest BCUT2D eigenvalue weighted by Gasteiger charge is 2.22. The summed E-state index contributed by atoms with van der Waals surface area (Å²) in [5.41, 5.74) is 0. The molecule has 2 nitrogen and oxygen atoms in total. The molecule has 0 aromatic rings. The Kier molecular flexibility index (Phi) is 4.36. The number of carbonyl (C=O) groups is 2. The second-order valence-corrected chi connectivity index (χ2v) is 4.71. The van der Waals surface area contributed by atoms with Crippen LogP contribution in [-0.2, 0) is 9.59 Å². The van der Waals surface area contributed by atoms with Crippen LogP contribution in [0.3, 0.4) is 0 Å². The largest absolute Gasteiger partial charge is 0.290 e. The van der Waals surface area contributed by atoms with Crippen molar-refractivity contribution in [3.05, 3.63) is 0 Å². The van der Waals surface area contributed by atoms with E-state index >= 15 is 0 Å². The van der Waals surface area contributed by atoms with Crippen LogP contribution in [0.25, 0.3) is 0 Å². The molecule has 0 saturated carbocycles. The Hall–Kier alpha value is 0.300. The molecule has 0 radical (unpaired) electrons. The SMILES string of the molecule is C[C@@H](Br)C(=O)C(=O)[C@@H](C)Br. The number of alkyl halides is 2. The number of hydrogen-bond donors (Lipinski definition) is 0. The number of ketones is 2. The zero-order valence-corrected chi connectivity index (χ0v) is 8.90. The second kappa shape index (κ2) is 4.23. The first-order chi connectivity index (χ1) is 4.46. The van der Waals surface area contributed by atoms with E-state index < -0.39 is 0 Å². The Morgan fingerprint density at radius 2 is 1.20 bits per heavy atom. The van der Waals surface area contributed by atoms with Gasteiger partial charge in [0.2, 0.25) is 11.6 Å². The van der Waals surface area contributed by atoms with Gasteiger partial charge in [0, 0.05) is 0 Å². The maximum Gasteiger partial charge on any atom is 0.212 e. The highest BCUT2D eigenvalue weighted by Crippen LogP contribution is 2.06. The van der Waals surface area contributed by atoms with Crippen LogP contribution in [0.5, 0.6) is 0 Å². The third kappa shape index (κ3) is 2.92. The Morgan fingerprint density at radius 1 is 1.00 bits per heavy atom. The van der Waals surface area contributed by atoms with Gasteiger partial charge in [-0.1, -0.05) is 31.9 Å². The van der Waals surface area contributed by atoms with Gasteiger partial charge in [0.1, 0.15) is 0 Å². The minimum atomic E-state index is -0.385. The summed E-state index contributed by atoms with van der Waals surface area (Å²) in [7, 11) is 0. The molecule has 0 aromatic heterocycles. The summed E-state index contributed by atoms with van der Waals surface area (Å²) in [6, 6.07) is 0. The lowest BCUT2D eigenvalue weighted by Gasteiger charge is -2.01. The molecule has 4 heteroatoms. The molecular weight excluding hydrogens is 264 g/mol. The van der Waals surface area contributed by atoms with E-state index in [1.165, 1.54) is 0 Å².